The van der Waals surface area contributed by atoms with Crippen LogP contribution in [0.15, 0.2) is 18.2 Å². The van der Waals surface area contributed by atoms with Gasteiger partial charge in [0.1, 0.15) is 5.82 Å². The van der Waals surface area contributed by atoms with Gasteiger partial charge in [0, 0.05) is 5.69 Å². The molecule has 1 aliphatic rings. The average Bonchev–Trinajstić information content (AvgIpc) is 2.43. The summed E-state index contributed by atoms with van der Waals surface area (Å²) < 4.78 is 13.5. The zero-order valence-electron chi connectivity index (χ0n) is 12.4. The quantitative estimate of drug-likeness (QED) is 0.921. The van der Waals surface area contributed by atoms with Crippen molar-refractivity contribution in [3.63, 3.8) is 0 Å². The summed E-state index contributed by atoms with van der Waals surface area (Å²) in [5.74, 6) is 0.387. The van der Waals surface area contributed by atoms with Crippen LogP contribution in [-0.4, -0.2) is 29.9 Å². The number of nitrogens with one attached hydrogen (secondary N) is 1. The van der Waals surface area contributed by atoms with E-state index in [0.717, 1.165) is 31.8 Å². The fourth-order valence-corrected chi connectivity index (χ4v) is 2.50. The van der Waals surface area contributed by atoms with Gasteiger partial charge in [0.2, 0.25) is 5.91 Å². The Morgan fingerprint density at radius 3 is 2.65 bits per heavy atom. The van der Waals surface area contributed by atoms with E-state index in [9.17, 15) is 9.18 Å². The third-order valence-corrected chi connectivity index (χ3v) is 4.18. The summed E-state index contributed by atoms with van der Waals surface area (Å²) in [6.07, 6.45) is 2.27. The minimum absolute atomic E-state index is 0.0668. The molecule has 0 radical (unpaired) electrons. The molecule has 1 aromatic carbocycles. The van der Waals surface area contributed by atoms with Gasteiger partial charge >= 0.3 is 0 Å². The van der Waals surface area contributed by atoms with Crippen LogP contribution < -0.4 is 5.32 Å². The Bertz CT molecular complexity index is 481. The van der Waals surface area contributed by atoms with E-state index in [0.29, 0.717) is 11.3 Å². The Kier molecular flexibility index (Phi) is 4.76. The first-order valence-corrected chi connectivity index (χ1v) is 7.28. The summed E-state index contributed by atoms with van der Waals surface area (Å²) in [5, 5.41) is 2.80. The van der Waals surface area contributed by atoms with Crippen LogP contribution in [0.3, 0.4) is 0 Å². The Hall–Kier alpha value is -1.42. The van der Waals surface area contributed by atoms with Crippen molar-refractivity contribution in [2.45, 2.75) is 39.7 Å². The number of amides is 1. The first kappa shape index (κ1) is 15.0. The van der Waals surface area contributed by atoms with E-state index in [2.05, 4.69) is 17.1 Å². The monoisotopic (exact) mass is 278 g/mol. The van der Waals surface area contributed by atoms with E-state index in [1.807, 2.05) is 6.92 Å². The average molecular weight is 278 g/mol. The summed E-state index contributed by atoms with van der Waals surface area (Å²) >= 11 is 0. The van der Waals surface area contributed by atoms with Gasteiger partial charge in [-0.15, -0.1) is 0 Å². The molecular weight excluding hydrogens is 255 g/mol. The van der Waals surface area contributed by atoms with Crippen molar-refractivity contribution >= 4 is 11.6 Å². The second kappa shape index (κ2) is 6.35. The SMILES string of the molecule is Cc1ccc(NC(=O)[C@H](C)N2CCC(C)CC2)cc1F. The van der Waals surface area contributed by atoms with Crippen molar-refractivity contribution in [3.05, 3.63) is 29.6 Å². The number of carbonyl (C=O) groups excluding carboxylic acids is 1. The lowest BCUT2D eigenvalue weighted by Crippen LogP contribution is -2.45. The van der Waals surface area contributed by atoms with Gasteiger partial charge < -0.3 is 5.32 Å². The van der Waals surface area contributed by atoms with E-state index >= 15 is 0 Å². The first-order chi connectivity index (χ1) is 9.47. The third kappa shape index (κ3) is 3.57. The second-order valence-corrected chi connectivity index (χ2v) is 5.85. The minimum atomic E-state index is -0.290. The smallest absolute Gasteiger partial charge is 0.241 e. The third-order valence-electron chi connectivity index (χ3n) is 4.18. The zero-order valence-corrected chi connectivity index (χ0v) is 12.4. The number of anilines is 1. The van der Waals surface area contributed by atoms with Gasteiger partial charge in [-0.3, -0.25) is 9.69 Å². The Balaban J connectivity index is 1.95. The number of likely N-dealkylation sites (tertiary alicyclic amines) is 1. The number of hydrogen-bond acceptors (Lipinski definition) is 2. The van der Waals surface area contributed by atoms with Gasteiger partial charge in [-0.25, -0.2) is 4.39 Å². The Morgan fingerprint density at radius 1 is 1.40 bits per heavy atom. The molecular formula is C16H23FN2O. The van der Waals surface area contributed by atoms with Crippen molar-refractivity contribution in [3.8, 4) is 0 Å². The van der Waals surface area contributed by atoms with E-state index in [4.69, 9.17) is 0 Å². The summed E-state index contributed by atoms with van der Waals surface area (Å²) in [5.41, 5.74) is 1.11. The topological polar surface area (TPSA) is 32.3 Å². The second-order valence-electron chi connectivity index (χ2n) is 5.85. The number of carbonyl (C=O) groups is 1. The molecule has 0 aliphatic carbocycles. The molecule has 0 spiro atoms. The molecule has 0 aromatic heterocycles. The molecule has 1 aromatic rings. The van der Waals surface area contributed by atoms with Crippen LogP contribution in [0.25, 0.3) is 0 Å². The maximum atomic E-state index is 13.5. The number of hydrogen-bond donors (Lipinski definition) is 1. The fraction of sp³-hybridized carbons (Fsp3) is 0.562. The molecule has 110 valence electrons. The lowest BCUT2D eigenvalue weighted by Gasteiger charge is -2.34. The number of aryl methyl sites for hydroxylation is 1. The minimum Gasteiger partial charge on any atom is -0.325 e. The molecule has 3 nitrogen and oxygen atoms in total. The fourth-order valence-electron chi connectivity index (χ4n) is 2.50. The summed E-state index contributed by atoms with van der Waals surface area (Å²) in [7, 11) is 0. The predicted octanol–water partition coefficient (Wildman–Crippen LogP) is 3.19. The highest BCUT2D eigenvalue weighted by atomic mass is 19.1. The van der Waals surface area contributed by atoms with E-state index in [-0.39, 0.29) is 17.8 Å². The molecule has 20 heavy (non-hydrogen) atoms. The van der Waals surface area contributed by atoms with Crippen LogP contribution in [0.1, 0.15) is 32.3 Å². The number of nitrogens with zero attached hydrogens (tertiary/aromatic N) is 1. The van der Waals surface area contributed by atoms with Crippen LogP contribution in [0, 0.1) is 18.7 Å². The summed E-state index contributed by atoms with van der Waals surface area (Å²) in [6.45, 7) is 7.78. The number of halogens is 1. The van der Waals surface area contributed by atoms with E-state index in [1.165, 1.54) is 6.07 Å². The number of benzene rings is 1. The van der Waals surface area contributed by atoms with Crippen LogP contribution in [0.2, 0.25) is 0 Å². The Morgan fingerprint density at radius 2 is 2.05 bits per heavy atom. The van der Waals surface area contributed by atoms with Gasteiger partial charge in [-0.2, -0.15) is 0 Å². The standard InChI is InChI=1S/C16H23FN2O/c1-11-6-8-19(9-7-11)13(3)16(20)18-14-5-4-12(2)15(17)10-14/h4-5,10-11,13H,6-9H2,1-3H3,(H,18,20)/t13-/m0/s1. The molecule has 1 aliphatic heterocycles. The van der Waals surface area contributed by atoms with Crippen LogP contribution in [0.4, 0.5) is 10.1 Å². The summed E-state index contributed by atoms with van der Waals surface area (Å²) in [6, 6.07) is 4.62. The summed E-state index contributed by atoms with van der Waals surface area (Å²) in [4.78, 5) is 14.4. The molecule has 0 saturated carbocycles. The maximum absolute atomic E-state index is 13.5. The van der Waals surface area contributed by atoms with Crippen LogP contribution in [0.5, 0.6) is 0 Å². The molecule has 0 unspecified atom stereocenters. The maximum Gasteiger partial charge on any atom is 0.241 e. The van der Waals surface area contributed by atoms with E-state index < -0.39 is 0 Å². The predicted molar refractivity (Wildman–Crippen MR) is 79.2 cm³/mol. The van der Waals surface area contributed by atoms with Gasteiger partial charge in [-0.1, -0.05) is 13.0 Å². The molecule has 1 saturated heterocycles. The molecule has 1 amide bonds. The molecule has 4 heteroatoms. The van der Waals surface area contributed by atoms with Crippen LogP contribution in [-0.2, 0) is 4.79 Å². The largest absolute Gasteiger partial charge is 0.325 e. The highest BCUT2D eigenvalue weighted by Crippen LogP contribution is 2.19. The number of piperidine rings is 1. The van der Waals surface area contributed by atoms with Crippen molar-refractivity contribution in [2.75, 3.05) is 18.4 Å². The molecule has 1 atom stereocenters. The zero-order chi connectivity index (χ0) is 14.7. The molecule has 2 rings (SSSR count). The molecule has 0 bridgehead atoms. The van der Waals surface area contributed by atoms with Gasteiger partial charge in [0.05, 0.1) is 6.04 Å². The number of rotatable bonds is 3. The van der Waals surface area contributed by atoms with Crippen molar-refractivity contribution in [1.82, 2.24) is 4.90 Å². The van der Waals surface area contributed by atoms with Crippen LogP contribution >= 0.6 is 0 Å². The normalized spacial score (nSPS) is 18.8. The van der Waals surface area contributed by atoms with Gasteiger partial charge in [-0.05, 0) is 63.4 Å². The molecule has 1 heterocycles. The van der Waals surface area contributed by atoms with E-state index in [1.54, 1.807) is 19.1 Å². The highest BCUT2D eigenvalue weighted by Gasteiger charge is 2.25. The van der Waals surface area contributed by atoms with Crippen molar-refractivity contribution in [1.29, 1.82) is 0 Å². The van der Waals surface area contributed by atoms with Gasteiger partial charge in [0.15, 0.2) is 0 Å². The van der Waals surface area contributed by atoms with Gasteiger partial charge in [0.25, 0.3) is 0 Å². The molecule has 1 N–H and O–H groups in total. The lowest BCUT2D eigenvalue weighted by molar-refractivity contribution is -0.121. The highest BCUT2D eigenvalue weighted by molar-refractivity contribution is 5.94. The van der Waals surface area contributed by atoms with Crippen molar-refractivity contribution < 1.29 is 9.18 Å². The van der Waals surface area contributed by atoms with Crippen molar-refractivity contribution in [2.24, 2.45) is 5.92 Å². The first-order valence-electron chi connectivity index (χ1n) is 7.28. The molecule has 1 fully saturated rings. The lowest BCUT2D eigenvalue weighted by atomic mass is 9.98. The Labute approximate surface area is 120 Å².